The molecule has 0 aromatic heterocycles. The second-order valence-corrected chi connectivity index (χ2v) is 7.66. The maximum atomic E-state index is 3.97. The van der Waals surface area contributed by atoms with E-state index in [-0.39, 0.29) is 0 Å². The third-order valence-electron chi connectivity index (χ3n) is 6.43. The second kappa shape index (κ2) is 6.79. The molecule has 0 amide bonds. The molecule has 3 rings (SSSR count). The van der Waals surface area contributed by atoms with Crippen molar-refractivity contribution in [1.29, 1.82) is 0 Å². The van der Waals surface area contributed by atoms with Crippen LogP contribution in [-0.2, 0) is 0 Å². The van der Waals surface area contributed by atoms with Gasteiger partial charge in [0.25, 0.3) is 0 Å². The quantitative estimate of drug-likeness (QED) is 0.822. The van der Waals surface area contributed by atoms with Gasteiger partial charge >= 0.3 is 0 Å². The van der Waals surface area contributed by atoms with E-state index < -0.39 is 0 Å². The van der Waals surface area contributed by atoms with Crippen LogP contribution in [0.3, 0.4) is 0 Å². The van der Waals surface area contributed by atoms with Gasteiger partial charge in [-0.1, -0.05) is 26.2 Å². The first-order chi connectivity index (χ1) is 9.79. The highest BCUT2D eigenvalue weighted by Gasteiger charge is 2.42. The first kappa shape index (κ1) is 14.8. The van der Waals surface area contributed by atoms with Gasteiger partial charge in [0.2, 0.25) is 0 Å². The second-order valence-electron chi connectivity index (χ2n) is 7.66. The van der Waals surface area contributed by atoms with E-state index in [0.717, 1.165) is 30.0 Å². The molecule has 3 fully saturated rings. The van der Waals surface area contributed by atoms with Gasteiger partial charge in [0, 0.05) is 18.1 Å². The predicted molar refractivity (Wildman–Crippen MR) is 86.0 cm³/mol. The topological polar surface area (TPSA) is 15.3 Å². The fourth-order valence-electron chi connectivity index (χ4n) is 5.27. The molecule has 1 N–H and O–H groups in total. The summed E-state index contributed by atoms with van der Waals surface area (Å²) in [6.07, 6.45) is 14.6. The third-order valence-corrected chi connectivity index (χ3v) is 6.43. The summed E-state index contributed by atoms with van der Waals surface area (Å²) in [5.41, 5.74) is 0. The summed E-state index contributed by atoms with van der Waals surface area (Å²) >= 11 is 0. The number of nitrogens with one attached hydrogen (secondary N) is 1. The van der Waals surface area contributed by atoms with Crippen LogP contribution in [0.25, 0.3) is 0 Å². The fraction of sp³-hybridized carbons (Fsp3) is 1.00. The zero-order valence-corrected chi connectivity index (χ0v) is 13.6. The van der Waals surface area contributed by atoms with Crippen LogP contribution in [0, 0.1) is 11.8 Å². The van der Waals surface area contributed by atoms with Crippen molar-refractivity contribution >= 4 is 0 Å². The maximum Gasteiger partial charge on any atom is 0.0125 e. The molecule has 2 saturated heterocycles. The molecule has 2 heterocycles. The molecule has 2 nitrogen and oxygen atoms in total. The Hall–Kier alpha value is -0.0800. The van der Waals surface area contributed by atoms with Gasteiger partial charge < -0.3 is 10.2 Å². The minimum Gasteiger partial charge on any atom is -0.313 e. The number of piperidine rings is 1. The van der Waals surface area contributed by atoms with Crippen molar-refractivity contribution in [3.8, 4) is 0 Å². The van der Waals surface area contributed by atoms with Gasteiger partial charge in [-0.25, -0.2) is 0 Å². The van der Waals surface area contributed by atoms with E-state index in [4.69, 9.17) is 0 Å². The summed E-state index contributed by atoms with van der Waals surface area (Å²) in [7, 11) is 2.37. The molecule has 3 aliphatic rings. The van der Waals surface area contributed by atoms with Crippen molar-refractivity contribution < 1.29 is 0 Å². The molecule has 2 bridgehead atoms. The van der Waals surface area contributed by atoms with E-state index in [1.54, 1.807) is 0 Å². The third kappa shape index (κ3) is 3.06. The molecule has 2 aliphatic heterocycles. The lowest BCUT2D eigenvalue weighted by Gasteiger charge is -2.43. The molecule has 0 spiro atoms. The summed E-state index contributed by atoms with van der Waals surface area (Å²) in [6.45, 7) is 3.53. The minimum atomic E-state index is 0.826. The number of hydrogen-bond acceptors (Lipinski definition) is 2. The average molecular weight is 278 g/mol. The van der Waals surface area contributed by atoms with E-state index in [0.29, 0.717) is 0 Å². The van der Waals surface area contributed by atoms with Gasteiger partial charge in [-0.3, -0.25) is 0 Å². The van der Waals surface area contributed by atoms with Crippen molar-refractivity contribution in [2.24, 2.45) is 11.8 Å². The van der Waals surface area contributed by atoms with Gasteiger partial charge in [-0.2, -0.15) is 0 Å². The Labute approximate surface area is 125 Å². The predicted octanol–water partition coefficient (Wildman–Crippen LogP) is 3.81. The highest BCUT2D eigenvalue weighted by molar-refractivity contribution is 4.98. The summed E-state index contributed by atoms with van der Waals surface area (Å²) in [5, 5.41) is 3.97. The minimum absolute atomic E-state index is 0.826. The molecule has 1 saturated carbocycles. The summed E-state index contributed by atoms with van der Waals surface area (Å²) in [5.74, 6) is 1.93. The molecule has 116 valence electrons. The van der Waals surface area contributed by atoms with Crippen LogP contribution in [0.4, 0.5) is 0 Å². The van der Waals surface area contributed by atoms with Gasteiger partial charge in [-0.15, -0.1) is 0 Å². The van der Waals surface area contributed by atoms with Crippen LogP contribution in [0.2, 0.25) is 0 Å². The molecule has 1 aliphatic carbocycles. The lowest BCUT2D eigenvalue weighted by atomic mass is 9.74. The van der Waals surface area contributed by atoms with Crippen molar-refractivity contribution in [2.75, 3.05) is 13.6 Å². The number of hydrogen-bond donors (Lipinski definition) is 1. The van der Waals surface area contributed by atoms with E-state index in [9.17, 15) is 0 Å². The molecule has 0 radical (unpaired) electrons. The van der Waals surface area contributed by atoms with Gasteiger partial charge in [0.1, 0.15) is 0 Å². The Morgan fingerprint density at radius 3 is 2.20 bits per heavy atom. The van der Waals surface area contributed by atoms with Crippen molar-refractivity contribution in [3.05, 3.63) is 0 Å². The Bertz CT molecular complexity index is 284. The van der Waals surface area contributed by atoms with Crippen LogP contribution < -0.4 is 5.32 Å². The van der Waals surface area contributed by atoms with Crippen LogP contribution in [0.5, 0.6) is 0 Å². The number of rotatable bonds is 5. The first-order valence-corrected chi connectivity index (χ1v) is 9.25. The Morgan fingerprint density at radius 1 is 0.950 bits per heavy atom. The first-order valence-electron chi connectivity index (χ1n) is 9.25. The summed E-state index contributed by atoms with van der Waals surface area (Å²) in [6, 6.07) is 2.62. The Morgan fingerprint density at radius 2 is 1.60 bits per heavy atom. The molecule has 3 unspecified atom stereocenters. The van der Waals surface area contributed by atoms with E-state index >= 15 is 0 Å². The molecular formula is C18H34N2. The van der Waals surface area contributed by atoms with Crippen LogP contribution in [0.1, 0.15) is 71.1 Å². The van der Waals surface area contributed by atoms with E-state index in [1.807, 2.05) is 0 Å². The monoisotopic (exact) mass is 278 g/mol. The lowest BCUT2D eigenvalue weighted by Crippen LogP contribution is -2.50. The van der Waals surface area contributed by atoms with Gasteiger partial charge in [-0.05, 0) is 70.4 Å². The molecule has 20 heavy (non-hydrogen) atoms. The fourth-order valence-corrected chi connectivity index (χ4v) is 5.27. The standard InChI is InChI=1S/C18H34N2/c1-3-11-19-18(14-7-5-4-6-8-14)15-12-16-9-10-17(13-15)20(16)2/h14-19H,3-13H2,1-2H3. The largest absolute Gasteiger partial charge is 0.313 e. The smallest absolute Gasteiger partial charge is 0.0125 e. The number of fused-ring (bicyclic) bond motifs is 2. The molecule has 0 aromatic carbocycles. The summed E-state index contributed by atoms with van der Waals surface area (Å²) < 4.78 is 0. The van der Waals surface area contributed by atoms with Gasteiger partial charge in [0.15, 0.2) is 0 Å². The van der Waals surface area contributed by atoms with Crippen molar-refractivity contribution in [1.82, 2.24) is 10.2 Å². The highest BCUT2D eigenvalue weighted by atomic mass is 15.2. The SMILES string of the molecule is CCCNC(C1CCCCC1)C1CC2CCC(C1)N2C. The zero-order valence-electron chi connectivity index (χ0n) is 13.6. The van der Waals surface area contributed by atoms with Crippen LogP contribution in [-0.4, -0.2) is 36.6 Å². The van der Waals surface area contributed by atoms with Crippen LogP contribution >= 0.6 is 0 Å². The van der Waals surface area contributed by atoms with Crippen molar-refractivity contribution in [3.63, 3.8) is 0 Å². The molecule has 0 aromatic rings. The Balaban J connectivity index is 1.65. The molecule has 2 heteroatoms. The summed E-state index contributed by atoms with van der Waals surface area (Å²) in [4.78, 5) is 2.69. The van der Waals surface area contributed by atoms with Crippen LogP contribution in [0.15, 0.2) is 0 Å². The van der Waals surface area contributed by atoms with Gasteiger partial charge in [0.05, 0.1) is 0 Å². The Kier molecular flexibility index (Phi) is 5.04. The maximum absolute atomic E-state index is 3.97. The highest BCUT2D eigenvalue weighted by Crippen LogP contribution is 2.42. The molecule has 3 atom stereocenters. The molecular weight excluding hydrogens is 244 g/mol. The van der Waals surface area contributed by atoms with E-state index in [1.165, 1.54) is 70.8 Å². The average Bonchev–Trinajstić information content (AvgIpc) is 2.70. The number of nitrogens with zero attached hydrogens (tertiary/aromatic N) is 1. The van der Waals surface area contributed by atoms with Crippen molar-refractivity contribution in [2.45, 2.75) is 89.3 Å². The lowest BCUT2D eigenvalue weighted by molar-refractivity contribution is 0.0866. The van der Waals surface area contributed by atoms with E-state index in [2.05, 4.69) is 24.2 Å². The normalized spacial score (nSPS) is 37.2. The zero-order chi connectivity index (χ0) is 13.9.